The highest BCUT2D eigenvalue weighted by Gasteiger charge is 2.10. The standard InChI is InChI=1S/C10H9ClO2S/c1-13-9-8(11)3-2-7-6(4-12)5-14-10(7)9/h2-3,5,12H,4H2,1H3. The molecule has 0 saturated heterocycles. The van der Waals surface area contributed by atoms with Gasteiger partial charge in [0.2, 0.25) is 0 Å². The van der Waals surface area contributed by atoms with Gasteiger partial charge in [-0.2, -0.15) is 0 Å². The molecule has 0 bridgehead atoms. The van der Waals surface area contributed by atoms with E-state index in [4.69, 9.17) is 21.4 Å². The van der Waals surface area contributed by atoms with Gasteiger partial charge in [-0.25, -0.2) is 0 Å². The van der Waals surface area contributed by atoms with Crippen molar-refractivity contribution in [3.63, 3.8) is 0 Å². The van der Waals surface area contributed by atoms with Crippen LogP contribution in [0.15, 0.2) is 17.5 Å². The molecule has 0 radical (unpaired) electrons. The fourth-order valence-corrected chi connectivity index (χ4v) is 2.79. The van der Waals surface area contributed by atoms with E-state index in [2.05, 4.69) is 0 Å². The fraction of sp³-hybridized carbons (Fsp3) is 0.200. The molecule has 1 heterocycles. The van der Waals surface area contributed by atoms with Crippen LogP contribution in [-0.2, 0) is 6.61 Å². The predicted molar refractivity (Wildman–Crippen MR) is 59.3 cm³/mol. The van der Waals surface area contributed by atoms with Gasteiger partial charge in [0, 0.05) is 5.39 Å². The van der Waals surface area contributed by atoms with Crippen LogP contribution in [0.3, 0.4) is 0 Å². The van der Waals surface area contributed by atoms with Gasteiger partial charge in [0.15, 0.2) is 5.75 Å². The Balaban J connectivity index is 2.76. The van der Waals surface area contributed by atoms with Gasteiger partial charge in [-0.3, -0.25) is 0 Å². The summed E-state index contributed by atoms with van der Waals surface area (Å²) in [7, 11) is 1.60. The van der Waals surface area contributed by atoms with E-state index in [-0.39, 0.29) is 6.61 Å². The summed E-state index contributed by atoms with van der Waals surface area (Å²) < 4.78 is 6.20. The summed E-state index contributed by atoms with van der Waals surface area (Å²) in [6.07, 6.45) is 0. The number of halogens is 1. The molecule has 2 aromatic rings. The number of hydrogen-bond donors (Lipinski definition) is 1. The van der Waals surface area contributed by atoms with E-state index < -0.39 is 0 Å². The SMILES string of the molecule is COc1c(Cl)ccc2c(CO)csc12. The number of fused-ring (bicyclic) bond motifs is 1. The molecule has 0 fully saturated rings. The number of benzene rings is 1. The van der Waals surface area contributed by atoms with Crippen LogP contribution < -0.4 is 4.74 Å². The Labute approximate surface area is 90.7 Å². The first-order chi connectivity index (χ1) is 6.77. The molecule has 1 aromatic heterocycles. The number of rotatable bonds is 2. The van der Waals surface area contributed by atoms with E-state index in [9.17, 15) is 0 Å². The molecular weight excluding hydrogens is 220 g/mol. The highest BCUT2D eigenvalue weighted by Crippen LogP contribution is 2.38. The zero-order valence-electron chi connectivity index (χ0n) is 7.58. The minimum atomic E-state index is 0.0464. The highest BCUT2D eigenvalue weighted by atomic mass is 35.5. The van der Waals surface area contributed by atoms with Crippen LogP contribution in [-0.4, -0.2) is 12.2 Å². The van der Waals surface area contributed by atoms with Crippen LogP contribution in [0, 0.1) is 0 Å². The van der Waals surface area contributed by atoms with Crippen LogP contribution in [0.2, 0.25) is 5.02 Å². The second-order valence-electron chi connectivity index (χ2n) is 2.88. The Morgan fingerprint density at radius 2 is 2.29 bits per heavy atom. The van der Waals surface area contributed by atoms with Crippen LogP contribution in [0.25, 0.3) is 10.1 Å². The lowest BCUT2D eigenvalue weighted by molar-refractivity contribution is 0.284. The Kier molecular flexibility index (Phi) is 2.63. The van der Waals surface area contributed by atoms with E-state index in [1.165, 1.54) is 11.3 Å². The lowest BCUT2D eigenvalue weighted by atomic mass is 10.2. The zero-order chi connectivity index (χ0) is 10.1. The largest absolute Gasteiger partial charge is 0.494 e. The van der Waals surface area contributed by atoms with Crippen molar-refractivity contribution in [2.45, 2.75) is 6.61 Å². The van der Waals surface area contributed by atoms with Crippen molar-refractivity contribution in [2.75, 3.05) is 7.11 Å². The van der Waals surface area contributed by atoms with Crippen molar-refractivity contribution in [3.05, 3.63) is 28.1 Å². The minimum absolute atomic E-state index is 0.0464. The number of hydrogen-bond acceptors (Lipinski definition) is 3. The smallest absolute Gasteiger partial charge is 0.155 e. The van der Waals surface area contributed by atoms with E-state index in [1.807, 2.05) is 11.4 Å². The van der Waals surface area contributed by atoms with Crippen LogP contribution in [0.1, 0.15) is 5.56 Å². The van der Waals surface area contributed by atoms with Gasteiger partial charge < -0.3 is 9.84 Å². The quantitative estimate of drug-likeness (QED) is 0.856. The number of aliphatic hydroxyl groups excluding tert-OH is 1. The molecule has 74 valence electrons. The van der Waals surface area contributed by atoms with Gasteiger partial charge in [0.1, 0.15) is 0 Å². The van der Waals surface area contributed by atoms with Crippen molar-refractivity contribution < 1.29 is 9.84 Å². The molecular formula is C10H9ClO2S. The molecule has 4 heteroatoms. The summed E-state index contributed by atoms with van der Waals surface area (Å²) in [6.45, 7) is 0.0464. The first-order valence-electron chi connectivity index (χ1n) is 4.11. The first kappa shape index (κ1) is 9.77. The lowest BCUT2D eigenvalue weighted by Gasteiger charge is -2.03. The average Bonchev–Trinajstić information content (AvgIpc) is 2.60. The summed E-state index contributed by atoms with van der Waals surface area (Å²) >= 11 is 7.51. The van der Waals surface area contributed by atoms with Crippen LogP contribution in [0.5, 0.6) is 5.75 Å². The summed E-state index contributed by atoms with van der Waals surface area (Å²) in [6, 6.07) is 3.69. The molecule has 0 aliphatic carbocycles. The van der Waals surface area contributed by atoms with Crippen LogP contribution in [0.4, 0.5) is 0 Å². The number of aliphatic hydroxyl groups is 1. The second kappa shape index (κ2) is 3.77. The lowest BCUT2D eigenvalue weighted by Crippen LogP contribution is -1.85. The molecule has 0 aliphatic rings. The molecule has 0 aliphatic heterocycles. The summed E-state index contributed by atoms with van der Waals surface area (Å²) in [4.78, 5) is 0. The van der Waals surface area contributed by atoms with E-state index in [0.717, 1.165) is 15.6 Å². The van der Waals surface area contributed by atoms with Crippen molar-refractivity contribution in [1.29, 1.82) is 0 Å². The summed E-state index contributed by atoms with van der Waals surface area (Å²) in [5.74, 6) is 0.689. The van der Waals surface area contributed by atoms with Gasteiger partial charge in [0.25, 0.3) is 0 Å². The Morgan fingerprint density at radius 3 is 2.93 bits per heavy atom. The predicted octanol–water partition coefficient (Wildman–Crippen LogP) is 3.06. The van der Waals surface area contributed by atoms with Gasteiger partial charge in [-0.1, -0.05) is 17.7 Å². The Hall–Kier alpha value is -0.770. The Bertz CT molecular complexity index is 464. The van der Waals surface area contributed by atoms with Gasteiger partial charge >= 0.3 is 0 Å². The normalized spacial score (nSPS) is 10.8. The summed E-state index contributed by atoms with van der Waals surface area (Å²) in [5.41, 5.74) is 0.917. The van der Waals surface area contributed by atoms with E-state index in [0.29, 0.717) is 10.8 Å². The summed E-state index contributed by atoms with van der Waals surface area (Å²) in [5, 5.41) is 12.6. The second-order valence-corrected chi connectivity index (χ2v) is 4.16. The van der Waals surface area contributed by atoms with E-state index >= 15 is 0 Å². The number of ether oxygens (including phenoxy) is 1. The Morgan fingerprint density at radius 1 is 1.50 bits per heavy atom. The molecule has 0 spiro atoms. The molecule has 0 unspecified atom stereocenters. The molecule has 14 heavy (non-hydrogen) atoms. The molecule has 2 nitrogen and oxygen atoms in total. The number of methoxy groups -OCH3 is 1. The first-order valence-corrected chi connectivity index (χ1v) is 5.37. The molecule has 0 atom stereocenters. The van der Waals surface area contributed by atoms with Gasteiger partial charge in [-0.05, 0) is 17.0 Å². The monoisotopic (exact) mass is 228 g/mol. The van der Waals surface area contributed by atoms with E-state index in [1.54, 1.807) is 13.2 Å². The highest BCUT2D eigenvalue weighted by molar-refractivity contribution is 7.17. The average molecular weight is 229 g/mol. The maximum absolute atomic E-state index is 9.09. The van der Waals surface area contributed by atoms with Crippen LogP contribution >= 0.6 is 22.9 Å². The zero-order valence-corrected chi connectivity index (χ0v) is 9.15. The molecule has 1 N–H and O–H groups in total. The van der Waals surface area contributed by atoms with Crippen molar-refractivity contribution in [3.8, 4) is 5.75 Å². The maximum atomic E-state index is 9.09. The third-order valence-electron chi connectivity index (χ3n) is 2.10. The maximum Gasteiger partial charge on any atom is 0.155 e. The topological polar surface area (TPSA) is 29.5 Å². The minimum Gasteiger partial charge on any atom is -0.494 e. The molecule has 0 saturated carbocycles. The number of thiophene rings is 1. The molecule has 0 amide bonds. The third kappa shape index (κ3) is 1.38. The van der Waals surface area contributed by atoms with Crippen molar-refractivity contribution in [1.82, 2.24) is 0 Å². The van der Waals surface area contributed by atoms with Crippen molar-refractivity contribution >= 4 is 33.0 Å². The molecule has 2 rings (SSSR count). The van der Waals surface area contributed by atoms with Gasteiger partial charge in [0.05, 0.1) is 23.4 Å². The fourth-order valence-electron chi connectivity index (χ4n) is 1.41. The van der Waals surface area contributed by atoms with Crippen molar-refractivity contribution in [2.24, 2.45) is 0 Å². The molecule has 1 aromatic carbocycles. The third-order valence-corrected chi connectivity index (χ3v) is 3.44. The van der Waals surface area contributed by atoms with Gasteiger partial charge in [-0.15, -0.1) is 11.3 Å².